The van der Waals surface area contributed by atoms with Gasteiger partial charge >= 0.3 is 6.18 Å². The average Bonchev–Trinajstić information content (AvgIpc) is 3.09. The number of benzene rings is 2. The number of aromatic nitrogens is 3. The lowest BCUT2D eigenvalue weighted by molar-refractivity contribution is -0.137. The number of Topliss-reactive ketones (excluding diaryl/α,β-unsaturated/α-hetero) is 1. The van der Waals surface area contributed by atoms with E-state index in [1.807, 2.05) is 17.0 Å². The Labute approximate surface area is 272 Å². The van der Waals surface area contributed by atoms with Crippen molar-refractivity contribution < 1.29 is 31.9 Å². The highest BCUT2D eigenvalue weighted by atomic mass is 19.4. The van der Waals surface area contributed by atoms with Crippen molar-refractivity contribution in [3.05, 3.63) is 99.6 Å². The van der Waals surface area contributed by atoms with Gasteiger partial charge in [0.2, 0.25) is 0 Å². The Bertz CT molecular complexity index is 1980. The van der Waals surface area contributed by atoms with Gasteiger partial charge in [-0.15, -0.1) is 0 Å². The highest BCUT2D eigenvalue weighted by molar-refractivity contribution is 6.15. The number of nitrogen functional groups attached to an aromatic ring is 1. The van der Waals surface area contributed by atoms with Crippen LogP contribution >= 0.6 is 0 Å². The van der Waals surface area contributed by atoms with Crippen LogP contribution < -0.4 is 10.6 Å². The molecule has 246 valence electrons. The Morgan fingerprint density at radius 2 is 1.75 bits per heavy atom. The number of carbonyl (C=O) groups excluding carboxylic acids is 2. The summed E-state index contributed by atoms with van der Waals surface area (Å²) in [6, 6.07) is 12.2. The van der Waals surface area contributed by atoms with Gasteiger partial charge in [-0.25, -0.2) is 19.3 Å². The quantitative estimate of drug-likeness (QED) is 0.310. The molecule has 0 bridgehead atoms. The van der Waals surface area contributed by atoms with Crippen molar-refractivity contribution in [3.63, 3.8) is 0 Å². The van der Waals surface area contributed by atoms with E-state index in [0.717, 1.165) is 12.3 Å². The molecule has 2 aromatic heterocycles. The molecule has 14 heteroatoms. The molecular weight excluding hydrogens is 630 g/mol. The molecule has 0 spiro atoms. The second-order valence-electron chi connectivity index (χ2n) is 11.7. The first-order valence-electron chi connectivity index (χ1n) is 15.4. The maximum atomic E-state index is 15.2. The highest BCUT2D eigenvalue weighted by Crippen LogP contribution is 2.38. The fourth-order valence-corrected chi connectivity index (χ4v) is 6.30. The van der Waals surface area contributed by atoms with E-state index in [-0.39, 0.29) is 54.6 Å². The molecule has 1 saturated heterocycles. The zero-order valence-corrected chi connectivity index (χ0v) is 25.6. The zero-order valence-electron chi connectivity index (χ0n) is 25.6. The van der Waals surface area contributed by atoms with Gasteiger partial charge in [-0.2, -0.15) is 13.2 Å². The van der Waals surface area contributed by atoms with Crippen LogP contribution in [-0.2, 0) is 30.3 Å². The maximum absolute atomic E-state index is 15.2. The van der Waals surface area contributed by atoms with Gasteiger partial charge in [0.05, 0.1) is 36.6 Å². The van der Waals surface area contributed by atoms with Gasteiger partial charge in [0.1, 0.15) is 24.0 Å². The van der Waals surface area contributed by atoms with Crippen LogP contribution in [0.4, 0.5) is 29.2 Å². The van der Waals surface area contributed by atoms with Crippen LogP contribution in [0, 0.1) is 5.82 Å². The number of morpholine rings is 1. The van der Waals surface area contributed by atoms with E-state index in [1.54, 1.807) is 18.2 Å². The number of hydrogen-bond donors (Lipinski definition) is 1. The second-order valence-corrected chi connectivity index (χ2v) is 11.7. The third-order valence-corrected chi connectivity index (χ3v) is 8.70. The number of alkyl halides is 3. The monoisotopic (exact) mass is 659 g/mol. The van der Waals surface area contributed by atoms with E-state index in [0.29, 0.717) is 72.2 Å². The number of pyridine rings is 1. The fraction of sp³-hybridized carbons (Fsp3) is 0.294. The van der Waals surface area contributed by atoms with Gasteiger partial charge in [0, 0.05) is 60.2 Å². The van der Waals surface area contributed by atoms with Crippen LogP contribution in [0.3, 0.4) is 0 Å². The minimum atomic E-state index is -4.75. The van der Waals surface area contributed by atoms with E-state index < -0.39 is 23.5 Å². The molecule has 3 aliphatic rings. The minimum Gasteiger partial charge on any atom is -0.384 e. The van der Waals surface area contributed by atoms with Crippen LogP contribution in [0.15, 0.2) is 59.7 Å². The molecule has 1 amide bonds. The van der Waals surface area contributed by atoms with E-state index in [9.17, 15) is 22.8 Å². The van der Waals surface area contributed by atoms with Crippen molar-refractivity contribution in [1.29, 1.82) is 0 Å². The van der Waals surface area contributed by atoms with E-state index in [4.69, 9.17) is 10.5 Å². The molecule has 2 N–H and O–H groups in total. The Morgan fingerprint density at radius 3 is 2.52 bits per heavy atom. The standard InChI is InChI=1S/C34H29F4N7O3/c35-26-6-5-19(14-27-20-3-1-2-4-21(20)29(46)17-40-27)13-23(26)33(47)45-8-7-22-28(18-45)42-31(43-32(22)44-9-11-48-12-10-44)24-16-41-30(39)15-25(24)34(36,37)38/h1-6,13,15-16H,7-12,14,17-18H2,(H2,39,41). The third-order valence-electron chi connectivity index (χ3n) is 8.70. The molecular formula is C34H29F4N7O3. The largest absolute Gasteiger partial charge is 0.417 e. The number of aliphatic imine (C=N–C) groups is 1. The van der Waals surface area contributed by atoms with Crippen LogP contribution in [0.5, 0.6) is 0 Å². The van der Waals surface area contributed by atoms with Gasteiger partial charge in [-0.1, -0.05) is 30.3 Å². The summed E-state index contributed by atoms with van der Waals surface area (Å²) in [5, 5.41) is 0. The Kier molecular flexibility index (Phi) is 8.11. The number of ketones is 1. The summed E-state index contributed by atoms with van der Waals surface area (Å²) in [5.41, 5.74) is 7.72. The molecule has 10 nitrogen and oxygen atoms in total. The Hall–Kier alpha value is -5.24. The number of rotatable bonds is 5. The van der Waals surface area contributed by atoms with Crippen molar-refractivity contribution in [3.8, 4) is 11.4 Å². The maximum Gasteiger partial charge on any atom is 0.417 e. The predicted molar refractivity (Wildman–Crippen MR) is 168 cm³/mol. The predicted octanol–water partition coefficient (Wildman–Crippen LogP) is 4.54. The number of nitrogens with zero attached hydrogens (tertiary/aromatic N) is 6. The lowest BCUT2D eigenvalue weighted by Crippen LogP contribution is -2.41. The summed E-state index contributed by atoms with van der Waals surface area (Å²) in [7, 11) is 0. The topological polar surface area (TPSA) is 127 Å². The lowest BCUT2D eigenvalue weighted by Gasteiger charge is -2.34. The zero-order chi connectivity index (χ0) is 33.6. The van der Waals surface area contributed by atoms with Crippen LogP contribution in [0.25, 0.3) is 11.4 Å². The number of fused-ring (bicyclic) bond motifs is 2. The molecule has 0 saturated carbocycles. The van der Waals surface area contributed by atoms with Gasteiger partial charge < -0.3 is 20.3 Å². The molecule has 0 radical (unpaired) electrons. The summed E-state index contributed by atoms with van der Waals surface area (Å²) in [5.74, 6) is -1.41. The number of carbonyl (C=O) groups is 2. The summed E-state index contributed by atoms with van der Waals surface area (Å²) in [6.07, 6.45) is -3.16. The van der Waals surface area contributed by atoms with Crippen molar-refractivity contribution in [2.75, 3.05) is 50.0 Å². The fourth-order valence-electron chi connectivity index (χ4n) is 6.30. The van der Waals surface area contributed by atoms with Gasteiger partial charge in [0.15, 0.2) is 11.6 Å². The molecule has 2 aromatic carbocycles. The van der Waals surface area contributed by atoms with Gasteiger partial charge in [-0.05, 0) is 30.2 Å². The number of amides is 1. The Morgan fingerprint density at radius 1 is 0.979 bits per heavy atom. The number of ether oxygens (including phenoxy) is 1. The highest BCUT2D eigenvalue weighted by Gasteiger charge is 2.37. The van der Waals surface area contributed by atoms with E-state index >= 15 is 4.39 Å². The number of anilines is 2. The van der Waals surface area contributed by atoms with Crippen LogP contribution in [-0.4, -0.2) is 76.6 Å². The first-order valence-corrected chi connectivity index (χ1v) is 15.4. The van der Waals surface area contributed by atoms with Gasteiger partial charge in [0.25, 0.3) is 5.91 Å². The molecule has 5 heterocycles. The summed E-state index contributed by atoms with van der Waals surface area (Å²) in [4.78, 5) is 47.0. The number of halogens is 4. The van der Waals surface area contributed by atoms with Crippen molar-refractivity contribution in [2.24, 2.45) is 4.99 Å². The van der Waals surface area contributed by atoms with Crippen molar-refractivity contribution >= 4 is 29.0 Å². The minimum absolute atomic E-state index is 0.0136. The van der Waals surface area contributed by atoms with Crippen LogP contribution in [0.1, 0.15) is 48.7 Å². The van der Waals surface area contributed by atoms with Crippen molar-refractivity contribution in [2.45, 2.75) is 25.6 Å². The molecule has 1 fully saturated rings. The molecule has 4 aromatic rings. The molecule has 7 rings (SSSR count). The normalized spacial score (nSPS) is 16.3. The van der Waals surface area contributed by atoms with Crippen LogP contribution in [0.2, 0.25) is 0 Å². The van der Waals surface area contributed by atoms with E-state index in [2.05, 4.69) is 19.9 Å². The number of nitrogens with two attached hydrogens (primary N) is 1. The first kappa shape index (κ1) is 31.4. The molecule has 0 atom stereocenters. The summed E-state index contributed by atoms with van der Waals surface area (Å²) >= 11 is 0. The average molecular weight is 660 g/mol. The number of hydrogen-bond acceptors (Lipinski definition) is 9. The molecule has 0 aliphatic carbocycles. The molecule has 3 aliphatic heterocycles. The molecule has 48 heavy (non-hydrogen) atoms. The molecule has 0 unspecified atom stereocenters. The lowest BCUT2D eigenvalue weighted by atomic mass is 9.92. The smallest absolute Gasteiger partial charge is 0.384 e. The first-order chi connectivity index (χ1) is 23.1. The van der Waals surface area contributed by atoms with Gasteiger partial charge in [-0.3, -0.25) is 14.6 Å². The summed E-state index contributed by atoms with van der Waals surface area (Å²) in [6.45, 7) is 1.93. The second kappa shape index (κ2) is 12.4. The Balaban J connectivity index is 1.22. The SMILES string of the molecule is Nc1cc(C(F)(F)F)c(-c2nc3c(c(N4CCOCC4)n2)CCN(C(=O)c2cc(CC4=NCC(=O)c5ccccc54)ccc2F)C3)cn1. The summed E-state index contributed by atoms with van der Waals surface area (Å²) < 4.78 is 63.0. The third kappa shape index (κ3) is 5.99. The van der Waals surface area contributed by atoms with Crippen molar-refractivity contribution in [1.82, 2.24) is 19.9 Å². The van der Waals surface area contributed by atoms with E-state index in [1.165, 1.54) is 17.0 Å².